The SMILES string of the molecule is CC[C@@H]1C[C@](Cc2nc(Nc3cc(C)[nH]n3)nc(C3(O)CC3)c2F)(C(=O)O)CCN1Cc1cccc(Cl)c1F. The van der Waals surface area contributed by atoms with Crippen LogP contribution in [-0.2, 0) is 23.4 Å². The Labute approximate surface area is 229 Å². The van der Waals surface area contributed by atoms with E-state index in [1.54, 1.807) is 18.2 Å². The predicted octanol–water partition coefficient (Wildman–Crippen LogP) is 4.85. The van der Waals surface area contributed by atoms with E-state index in [0.29, 0.717) is 37.2 Å². The van der Waals surface area contributed by atoms with Crippen LogP contribution in [0.2, 0.25) is 5.02 Å². The molecule has 1 saturated heterocycles. The van der Waals surface area contributed by atoms with Crippen molar-refractivity contribution >= 4 is 29.3 Å². The van der Waals surface area contributed by atoms with Crippen molar-refractivity contribution in [1.82, 2.24) is 25.1 Å². The molecule has 0 bridgehead atoms. The van der Waals surface area contributed by atoms with Gasteiger partial charge in [-0.1, -0.05) is 30.7 Å². The van der Waals surface area contributed by atoms with Crippen molar-refractivity contribution in [2.75, 3.05) is 11.9 Å². The molecule has 9 nitrogen and oxygen atoms in total. The van der Waals surface area contributed by atoms with Gasteiger partial charge in [0.05, 0.1) is 16.1 Å². The number of nitrogens with one attached hydrogen (secondary N) is 2. The number of halogens is 3. The van der Waals surface area contributed by atoms with E-state index in [4.69, 9.17) is 11.6 Å². The fourth-order valence-corrected chi connectivity index (χ4v) is 5.59. The van der Waals surface area contributed by atoms with Gasteiger partial charge in [-0.05, 0) is 51.6 Å². The van der Waals surface area contributed by atoms with Crippen molar-refractivity contribution in [1.29, 1.82) is 0 Å². The highest BCUT2D eigenvalue weighted by atomic mass is 35.5. The van der Waals surface area contributed by atoms with Crippen LogP contribution in [-0.4, -0.2) is 53.8 Å². The first kappa shape index (κ1) is 27.4. The van der Waals surface area contributed by atoms with Gasteiger partial charge in [0.1, 0.15) is 17.1 Å². The Hall–Kier alpha value is -3.15. The standard InChI is InChI=1S/C27H31ClF2N6O3/c1-3-17-12-26(24(37)38,9-10-36(17)14-16-5-4-6-18(28)21(16)29)13-19-22(30)23(27(39)7-8-27)33-25(31-19)32-20-11-15(2)34-35-20/h4-6,11,17,39H,3,7-10,12-14H2,1-2H3,(H,37,38)(H2,31,32,33,34,35)/t17-,26-/m1/s1. The van der Waals surface area contributed by atoms with Gasteiger partial charge in [0, 0.05) is 36.3 Å². The second-order valence-electron chi connectivity index (χ2n) is 10.7. The van der Waals surface area contributed by atoms with Crippen LogP contribution in [0.3, 0.4) is 0 Å². The molecule has 0 unspecified atom stereocenters. The number of likely N-dealkylation sites (tertiary alicyclic amines) is 1. The number of aryl methyl sites for hydroxylation is 1. The summed E-state index contributed by atoms with van der Waals surface area (Å²) in [6, 6.07) is 6.38. The van der Waals surface area contributed by atoms with Crippen molar-refractivity contribution in [2.24, 2.45) is 5.41 Å². The van der Waals surface area contributed by atoms with Crippen molar-refractivity contribution in [2.45, 2.75) is 70.6 Å². The third-order valence-corrected chi connectivity index (χ3v) is 8.18. The zero-order chi connectivity index (χ0) is 27.9. The molecule has 0 amide bonds. The van der Waals surface area contributed by atoms with Crippen LogP contribution in [0.4, 0.5) is 20.5 Å². The lowest BCUT2D eigenvalue weighted by molar-refractivity contribution is -0.154. The maximum Gasteiger partial charge on any atom is 0.310 e. The number of piperidine rings is 1. The number of hydrogen-bond donors (Lipinski definition) is 4. The number of rotatable bonds is 9. The van der Waals surface area contributed by atoms with Gasteiger partial charge in [0.25, 0.3) is 0 Å². The number of H-pyrrole nitrogens is 1. The van der Waals surface area contributed by atoms with Crippen molar-refractivity contribution in [3.63, 3.8) is 0 Å². The molecule has 2 aromatic heterocycles. The third-order valence-electron chi connectivity index (χ3n) is 7.89. The normalized spacial score (nSPS) is 22.6. The first-order valence-corrected chi connectivity index (χ1v) is 13.4. The molecule has 3 heterocycles. The van der Waals surface area contributed by atoms with Gasteiger partial charge >= 0.3 is 5.97 Å². The number of aliphatic carboxylic acids is 1. The summed E-state index contributed by atoms with van der Waals surface area (Å²) in [6.45, 7) is 4.43. The number of aromatic amines is 1. The van der Waals surface area contributed by atoms with E-state index < -0.39 is 28.6 Å². The van der Waals surface area contributed by atoms with Gasteiger partial charge in [-0.2, -0.15) is 5.10 Å². The summed E-state index contributed by atoms with van der Waals surface area (Å²) < 4.78 is 30.3. The Morgan fingerprint density at radius 2 is 2.03 bits per heavy atom. The number of carboxylic acid groups (broad SMARTS) is 1. The second-order valence-corrected chi connectivity index (χ2v) is 11.1. The second kappa shape index (κ2) is 10.4. The van der Waals surface area contributed by atoms with Gasteiger partial charge in [-0.15, -0.1) is 0 Å². The van der Waals surface area contributed by atoms with Gasteiger partial charge in [-0.25, -0.2) is 18.7 Å². The van der Waals surface area contributed by atoms with E-state index in [9.17, 15) is 19.4 Å². The number of aliphatic hydroxyl groups is 1. The molecule has 0 radical (unpaired) electrons. The summed E-state index contributed by atoms with van der Waals surface area (Å²) >= 11 is 5.96. The lowest BCUT2D eigenvalue weighted by Crippen LogP contribution is -2.50. The van der Waals surface area contributed by atoms with Gasteiger partial charge in [0.2, 0.25) is 5.95 Å². The molecule has 208 valence electrons. The van der Waals surface area contributed by atoms with Crippen molar-refractivity contribution in [3.05, 3.63) is 63.6 Å². The van der Waals surface area contributed by atoms with Crippen LogP contribution >= 0.6 is 11.6 Å². The summed E-state index contributed by atoms with van der Waals surface area (Å²) in [7, 11) is 0. The van der Waals surface area contributed by atoms with E-state index >= 15 is 4.39 Å². The summed E-state index contributed by atoms with van der Waals surface area (Å²) in [5.74, 6) is -1.86. The molecule has 12 heteroatoms. The van der Waals surface area contributed by atoms with Crippen LogP contribution in [0.1, 0.15) is 61.7 Å². The van der Waals surface area contributed by atoms with Crippen LogP contribution in [0.15, 0.2) is 24.3 Å². The maximum atomic E-state index is 15.8. The van der Waals surface area contributed by atoms with Crippen molar-refractivity contribution < 1.29 is 23.8 Å². The molecule has 3 aromatic rings. The largest absolute Gasteiger partial charge is 0.481 e. The van der Waals surface area contributed by atoms with E-state index in [0.717, 1.165) is 5.69 Å². The Balaban J connectivity index is 1.44. The summed E-state index contributed by atoms with van der Waals surface area (Å²) in [5, 5.41) is 31.0. The van der Waals surface area contributed by atoms with E-state index in [1.165, 1.54) is 6.07 Å². The molecular formula is C27H31ClF2N6O3. The maximum absolute atomic E-state index is 15.8. The van der Waals surface area contributed by atoms with Crippen LogP contribution in [0.5, 0.6) is 0 Å². The minimum Gasteiger partial charge on any atom is -0.481 e. The molecule has 1 aromatic carbocycles. The van der Waals surface area contributed by atoms with Gasteiger partial charge < -0.3 is 15.5 Å². The molecule has 0 spiro atoms. The zero-order valence-corrected chi connectivity index (χ0v) is 22.5. The average molecular weight is 561 g/mol. The lowest BCUT2D eigenvalue weighted by atomic mass is 9.71. The molecule has 2 atom stereocenters. The van der Waals surface area contributed by atoms with Crippen molar-refractivity contribution in [3.8, 4) is 0 Å². The number of anilines is 2. The predicted molar refractivity (Wildman–Crippen MR) is 141 cm³/mol. The van der Waals surface area contributed by atoms with Gasteiger partial charge in [-0.3, -0.25) is 14.8 Å². The van der Waals surface area contributed by atoms with E-state index in [-0.39, 0.29) is 54.2 Å². The Morgan fingerprint density at radius 3 is 2.67 bits per heavy atom. The number of carboxylic acids is 1. The number of carbonyl (C=O) groups is 1. The molecule has 4 N–H and O–H groups in total. The van der Waals surface area contributed by atoms with E-state index in [2.05, 4.69) is 30.4 Å². The number of aromatic nitrogens is 4. The highest BCUT2D eigenvalue weighted by molar-refractivity contribution is 6.30. The number of benzene rings is 1. The molecule has 1 saturated carbocycles. The molecule has 2 aliphatic rings. The first-order valence-electron chi connectivity index (χ1n) is 13.0. The zero-order valence-electron chi connectivity index (χ0n) is 21.8. The number of nitrogens with zero attached hydrogens (tertiary/aromatic N) is 4. The average Bonchev–Trinajstić information content (AvgIpc) is 3.52. The monoisotopic (exact) mass is 560 g/mol. The minimum absolute atomic E-state index is 0.0367. The molecule has 2 fully saturated rings. The smallest absolute Gasteiger partial charge is 0.310 e. The molecule has 1 aliphatic carbocycles. The first-order chi connectivity index (χ1) is 18.5. The topological polar surface area (TPSA) is 127 Å². The minimum atomic E-state index is -1.40. The summed E-state index contributed by atoms with van der Waals surface area (Å²) in [6.07, 6.45) is 1.61. The molecular weight excluding hydrogens is 530 g/mol. The molecule has 1 aliphatic heterocycles. The van der Waals surface area contributed by atoms with Crippen LogP contribution in [0, 0.1) is 24.0 Å². The molecule has 39 heavy (non-hydrogen) atoms. The number of hydrogen-bond acceptors (Lipinski definition) is 7. The Kier molecular flexibility index (Phi) is 7.34. The fraction of sp³-hybridized carbons (Fsp3) is 0.481. The molecule has 5 rings (SSSR count). The van der Waals surface area contributed by atoms with E-state index in [1.807, 2.05) is 13.8 Å². The Morgan fingerprint density at radius 1 is 1.26 bits per heavy atom. The quantitative estimate of drug-likeness (QED) is 0.292. The summed E-state index contributed by atoms with van der Waals surface area (Å²) in [4.78, 5) is 23.4. The highest BCUT2D eigenvalue weighted by Crippen LogP contribution is 2.47. The fourth-order valence-electron chi connectivity index (χ4n) is 5.40. The lowest BCUT2D eigenvalue weighted by Gasteiger charge is -2.44. The van der Waals surface area contributed by atoms with Crippen LogP contribution in [0.25, 0.3) is 0 Å². The summed E-state index contributed by atoms with van der Waals surface area (Å²) in [5.41, 5.74) is -1.67. The highest BCUT2D eigenvalue weighted by Gasteiger charge is 2.49. The van der Waals surface area contributed by atoms with Crippen LogP contribution < -0.4 is 5.32 Å². The van der Waals surface area contributed by atoms with Gasteiger partial charge in [0.15, 0.2) is 11.6 Å². The third kappa shape index (κ3) is 5.48. The Bertz CT molecular complexity index is 1400.